The minimum Gasteiger partial charge on any atom is -0.338 e. The van der Waals surface area contributed by atoms with E-state index in [0.717, 1.165) is 31.6 Å². The fraction of sp³-hybridized carbons (Fsp3) is 0.550. The van der Waals surface area contributed by atoms with Crippen LogP contribution in [0, 0.1) is 0 Å². The van der Waals surface area contributed by atoms with E-state index in [0.29, 0.717) is 6.54 Å². The number of carbonyl (C=O) groups excluding carboxylic acids is 1. The van der Waals surface area contributed by atoms with Crippen LogP contribution in [0.4, 0.5) is 4.79 Å². The van der Waals surface area contributed by atoms with Crippen LogP contribution in [0.15, 0.2) is 35.9 Å². The van der Waals surface area contributed by atoms with Crippen molar-refractivity contribution in [1.29, 1.82) is 0 Å². The molecule has 0 aromatic heterocycles. The number of benzene rings is 1. The molecule has 132 valence electrons. The molecule has 0 atom stereocenters. The first-order valence-electron chi connectivity index (χ1n) is 9.13. The number of urea groups is 1. The molecule has 0 aliphatic heterocycles. The Labute approximate surface area is 146 Å². The quantitative estimate of drug-likeness (QED) is 0.712. The zero-order chi connectivity index (χ0) is 17.2. The van der Waals surface area contributed by atoms with E-state index in [9.17, 15) is 4.79 Å². The van der Waals surface area contributed by atoms with E-state index in [1.807, 2.05) is 0 Å². The van der Waals surface area contributed by atoms with Crippen molar-refractivity contribution >= 4 is 6.03 Å². The summed E-state index contributed by atoms with van der Waals surface area (Å²) >= 11 is 0. The molecule has 1 aliphatic rings. The molecule has 4 heteroatoms. The maximum absolute atomic E-state index is 11.9. The van der Waals surface area contributed by atoms with Gasteiger partial charge in [-0.05, 0) is 56.8 Å². The Morgan fingerprint density at radius 1 is 1.21 bits per heavy atom. The van der Waals surface area contributed by atoms with Gasteiger partial charge in [0.05, 0.1) is 0 Å². The van der Waals surface area contributed by atoms with E-state index >= 15 is 0 Å². The Kier molecular flexibility index (Phi) is 7.83. The molecule has 0 fully saturated rings. The third kappa shape index (κ3) is 6.75. The third-order valence-electron chi connectivity index (χ3n) is 4.55. The van der Waals surface area contributed by atoms with Gasteiger partial charge in [0, 0.05) is 19.6 Å². The molecule has 0 bridgehead atoms. The van der Waals surface area contributed by atoms with Gasteiger partial charge in [-0.2, -0.15) is 0 Å². The minimum absolute atomic E-state index is 0.0810. The molecule has 1 aromatic carbocycles. The highest BCUT2D eigenvalue weighted by Crippen LogP contribution is 2.19. The van der Waals surface area contributed by atoms with Gasteiger partial charge in [-0.15, -0.1) is 0 Å². The highest BCUT2D eigenvalue weighted by atomic mass is 16.2. The van der Waals surface area contributed by atoms with Gasteiger partial charge in [0.1, 0.15) is 0 Å². The Morgan fingerprint density at radius 3 is 2.79 bits per heavy atom. The van der Waals surface area contributed by atoms with Crippen LogP contribution in [0.2, 0.25) is 0 Å². The normalized spacial score (nSPS) is 14.4. The topological polar surface area (TPSA) is 44.4 Å². The lowest BCUT2D eigenvalue weighted by molar-refractivity contribution is 0.240. The number of nitrogens with one attached hydrogen (secondary N) is 2. The predicted molar refractivity (Wildman–Crippen MR) is 99.9 cm³/mol. The molecule has 1 aliphatic carbocycles. The summed E-state index contributed by atoms with van der Waals surface area (Å²) in [5.74, 6) is 0. The second-order valence-corrected chi connectivity index (χ2v) is 6.62. The zero-order valence-corrected chi connectivity index (χ0v) is 15.1. The Hall–Kier alpha value is -1.81. The average molecular weight is 329 g/mol. The first-order chi connectivity index (χ1) is 11.7. The average Bonchev–Trinajstić information content (AvgIpc) is 2.61. The summed E-state index contributed by atoms with van der Waals surface area (Å²) in [5.41, 5.74) is 3.92. The summed E-state index contributed by atoms with van der Waals surface area (Å²) in [6, 6.07) is 8.33. The summed E-state index contributed by atoms with van der Waals surface area (Å²) in [7, 11) is 2.11. The second kappa shape index (κ2) is 10.1. The van der Waals surface area contributed by atoms with Crippen molar-refractivity contribution in [1.82, 2.24) is 15.5 Å². The van der Waals surface area contributed by atoms with Gasteiger partial charge < -0.3 is 15.5 Å². The fourth-order valence-corrected chi connectivity index (χ4v) is 2.97. The van der Waals surface area contributed by atoms with Crippen LogP contribution in [0.25, 0.3) is 0 Å². The van der Waals surface area contributed by atoms with E-state index in [1.54, 1.807) is 0 Å². The first kappa shape index (κ1) is 18.5. The van der Waals surface area contributed by atoms with Crippen molar-refractivity contribution < 1.29 is 4.79 Å². The number of carbonyl (C=O) groups is 1. The molecule has 0 unspecified atom stereocenters. The smallest absolute Gasteiger partial charge is 0.315 e. The summed E-state index contributed by atoms with van der Waals surface area (Å²) < 4.78 is 0. The van der Waals surface area contributed by atoms with Gasteiger partial charge in [0.25, 0.3) is 0 Å². The van der Waals surface area contributed by atoms with Gasteiger partial charge in [0.2, 0.25) is 0 Å². The van der Waals surface area contributed by atoms with Crippen LogP contribution in [-0.2, 0) is 13.1 Å². The summed E-state index contributed by atoms with van der Waals surface area (Å²) in [6.07, 6.45) is 8.31. The van der Waals surface area contributed by atoms with E-state index in [1.165, 1.54) is 36.8 Å². The summed E-state index contributed by atoms with van der Waals surface area (Å²) in [5, 5.41) is 5.91. The van der Waals surface area contributed by atoms with Crippen LogP contribution in [0.3, 0.4) is 0 Å². The Bertz CT molecular complexity index is 554. The largest absolute Gasteiger partial charge is 0.338 e. The van der Waals surface area contributed by atoms with E-state index in [2.05, 4.69) is 59.8 Å². The lowest BCUT2D eigenvalue weighted by atomic mass is 9.97. The van der Waals surface area contributed by atoms with Crippen molar-refractivity contribution in [2.24, 2.45) is 0 Å². The third-order valence-corrected chi connectivity index (χ3v) is 4.55. The Balaban J connectivity index is 1.69. The molecule has 24 heavy (non-hydrogen) atoms. The maximum atomic E-state index is 11.9. The van der Waals surface area contributed by atoms with Gasteiger partial charge in [-0.25, -0.2) is 4.79 Å². The molecule has 2 amide bonds. The van der Waals surface area contributed by atoms with Crippen LogP contribution in [-0.4, -0.2) is 31.1 Å². The standard InChI is InChI=1S/C20H31N3O/c1-3-23(2)16-19-11-7-10-18(14-19)15-22-20(24)21-13-12-17-8-5-4-6-9-17/h7-8,10-11,14H,3-6,9,12-13,15-16H2,1-2H3,(H2,21,22,24). The first-order valence-corrected chi connectivity index (χ1v) is 9.13. The van der Waals surface area contributed by atoms with E-state index in [-0.39, 0.29) is 6.03 Å². The predicted octanol–water partition coefficient (Wildman–Crippen LogP) is 3.83. The molecule has 4 nitrogen and oxygen atoms in total. The van der Waals surface area contributed by atoms with Gasteiger partial charge in [-0.1, -0.05) is 42.8 Å². The second-order valence-electron chi connectivity index (χ2n) is 6.62. The molecule has 0 heterocycles. The van der Waals surface area contributed by atoms with Gasteiger partial charge in [0.15, 0.2) is 0 Å². The number of allylic oxidation sites excluding steroid dienone is 1. The number of nitrogens with zero attached hydrogens (tertiary/aromatic N) is 1. The lowest BCUT2D eigenvalue weighted by Gasteiger charge is -2.15. The SMILES string of the molecule is CCN(C)Cc1cccc(CNC(=O)NCCC2=CCCCC2)c1. The minimum atomic E-state index is -0.0810. The molecule has 0 saturated carbocycles. The van der Waals surface area contributed by atoms with Crippen LogP contribution in [0.1, 0.15) is 50.2 Å². The van der Waals surface area contributed by atoms with Crippen molar-refractivity contribution in [2.45, 2.75) is 52.1 Å². The highest BCUT2D eigenvalue weighted by molar-refractivity contribution is 5.73. The number of rotatable bonds is 8. The molecular weight excluding hydrogens is 298 g/mol. The molecule has 2 rings (SSSR count). The van der Waals surface area contributed by atoms with Crippen molar-refractivity contribution in [3.05, 3.63) is 47.0 Å². The van der Waals surface area contributed by atoms with Crippen molar-refractivity contribution in [3.8, 4) is 0 Å². The molecule has 1 aromatic rings. The van der Waals surface area contributed by atoms with Crippen molar-refractivity contribution in [3.63, 3.8) is 0 Å². The zero-order valence-electron chi connectivity index (χ0n) is 15.1. The monoisotopic (exact) mass is 329 g/mol. The molecule has 0 saturated heterocycles. The van der Waals surface area contributed by atoms with Gasteiger partial charge >= 0.3 is 6.03 Å². The van der Waals surface area contributed by atoms with E-state index in [4.69, 9.17) is 0 Å². The maximum Gasteiger partial charge on any atom is 0.315 e. The van der Waals surface area contributed by atoms with Crippen LogP contribution >= 0.6 is 0 Å². The molecular formula is C20H31N3O. The summed E-state index contributed by atoms with van der Waals surface area (Å²) in [6.45, 7) is 5.41. The van der Waals surface area contributed by atoms with E-state index < -0.39 is 0 Å². The van der Waals surface area contributed by atoms with Gasteiger partial charge in [-0.3, -0.25) is 0 Å². The fourth-order valence-electron chi connectivity index (χ4n) is 2.97. The Morgan fingerprint density at radius 2 is 2.04 bits per heavy atom. The van der Waals surface area contributed by atoms with Crippen molar-refractivity contribution in [2.75, 3.05) is 20.1 Å². The number of hydrogen-bond donors (Lipinski definition) is 2. The number of amides is 2. The molecule has 0 spiro atoms. The highest BCUT2D eigenvalue weighted by Gasteiger charge is 2.05. The summed E-state index contributed by atoms with van der Waals surface area (Å²) in [4.78, 5) is 14.2. The lowest BCUT2D eigenvalue weighted by Crippen LogP contribution is -2.35. The van der Waals surface area contributed by atoms with Crippen LogP contribution < -0.4 is 10.6 Å². The van der Waals surface area contributed by atoms with Crippen LogP contribution in [0.5, 0.6) is 0 Å². The number of hydrogen-bond acceptors (Lipinski definition) is 2. The molecule has 2 N–H and O–H groups in total. The molecule has 0 radical (unpaired) electrons.